The van der Waals surface area contributed by atoms with Crippen LogP contribution < -0.4 is 10.1 Å². The average Bonchev–Trinajstić information content (AvgIpc) is 2.68. The number of carbonyl (C=O) groups excluding carboxylic acids is 3. The average molecular weight is 455 g/mol. The molecular weight excluding hydrogens is 428 g/mol. The molecule has 8 heteroatoms. The topological polar surface area (TPSA) is 84.9 Å². The van der Waals surface area contributed by atoms with Crippen LogP contribution in [0.15, 0.2) is 22.7 Å². The number of halogens is 1. The van der Waals surface area contributed by atoms with E-state index in [1.807, 2.05) is 6.92 Å². The number of hydrogen-bond donors (Lipinski definition) is 1. The van der Waals surface area contributed by atoms with Gasteiger partial charge in [-0.2, -0.15) is 0 Å². The SMILES string of the molecule is CCCCCOC(=O)CC1C(=O)NCCN1C(=O)c1cc(Br)ccc1OCC. The molecule has 0 aromatic heterocycles. The third-order valence-electron chi connectivity index (χ3n) is 4.43. The molecule has 1 aliphatic rings. The number of amides is 2. The minimum absolute atomic E-state index is 0.165. The van der Waals surface area contributed by atoms with Crippen molar-refractivity contribution in [3.63, 3.8) is 0 Å². The van der Waals surface area contributed by atoms with Crippen LogP contribution in [-0.4, -0.2) is 55.0 Å². The molecule has 28 heavy (non-hydrogen) atoms. The van der Waals surface area contributed by atoms with E-state index in [1.54, 1.807) is 18.2 Å². The lowest BCUT2D eigenvalue weighted by atomic mass is 10.1. The summed E-state index contributed by atoms with van der Waals surface area (Å²) >= 11 is 3.37. The molecule has 1 aromatic carbocycles. The fourth-order valence-corrected chi connectivity index (χ4v) is 3.38. The largest absolute Gasteiger partial charge is 0.493 e. The summed E-state index contributed by atoms with van der Waals surface area (Å²) < 4.78 is 11.5. The Kier molecular flexibility index (Phi) is 8.76. The first-order valence-electron chi connectivity index (χ1n) is 9.64. The maximum Gasteiger partial charge on any atom is 0.308 e. The van der Waals surface area contributed by atoms with Crippen molar-refractivity contribution in [1.29, 1.82) is 0 Å². The Labute approximate surface area is 173 Å². The molecule has 2 rings (SSSR count). The molecule has 2 amide bonds. The van der Waals surface area contributed by atoms with E-state index in [9.17, 15) is 14.4 Å². The summed E-state index contributed by atoms with van der Waals surface area (Å²) in [4.78, 5) is 39.2. The molecule has 0 radical (unpaired) electrons. The first kappa shape index (κ1) is 22.2. The van der Waals surface area contributed by atoms with E-state index in [0.717, 1.165) is 23.7 Å². The number of piperazine rings is 1. The quantitative estimate of drug-likeness (QED) is 0.457. The van der Waals surface area contributed by atoms with Crippen LogP contribution in [0.2, 0.25) is 0 Å². The van der Waals surface area contributed by atoms with Gasteiger partial charge >= 0.3 is 5.97 Å². The van der Waals surface area contributed by atoms with Gasteiger partial charge in [-0.3, -0.25) is 14.4 Å². The van der Waals surface area contributed by atoms with Crippen molar-refractivity contribution in [3.05, 3.63) is 28.2 Å². The first-order valence-corrected chi connectivity index (χ1v) is 10.4. The Morgan fingerprint density at radius 2 is 2.07 bits per heavy atom. The van der Waals surface area contributed by atoms with Crippen LogP contribution in [0, 0.1) is 0 Å². The van der Waals surface area contributed by atoms with E-state index in [-0.39, 0.29) is 18.2 Å². The predicted octanol–water partition coefficient (Wildman–Crippen LogP) is 2.91. The lowest BCUT2D eigenvalue weighted by Crippen LogP contribution is -2.57. The highest BCUT2D eigenvalue weighted by atomic mass is 79.9. The van der Waals surface area contributed by atoms with E-state index in [4.69, 9.17) is 9.47 Å². The number of hydrogen-bond acceptors (Lipinski definition) is 5. The van der Waals surface area contributed by atoms with Gasteiger partial charge < -0.3 is 19.7 Å². The van der Waals surface area contributed by atoms with Gasteiger partial charge in [-0.05, 0) is 31.5 Å². The van der Waals surface area contributed by atoms with Gasteiger partial charge in [-0.1, -0.05) is 35.7 Å². The Morgan fingerprint density at radius 1 is 1.29 bits per heavy atom. The molecule has 1 aliphatic heterocycles. The molecule has 7 nitrogen and oxygen atoms in total. The maximum absolute atomic E-state index is 13.2. The highest BCUT2D eigenvalue weighted by Crippen LogP contribution is 2.26. The number of esters is 1. The Bertz CT molecular complexity index is 710. The van der Waals surface area contributed by atoms with Crippen molar-refractivity contribution in [3.8, 4) is 5.75 Å². The predicted molar refractivity (Wildman–Crippen MR) is 108 cm³/mol. The Hall–Kier alpha value is -2.09. The summed E-state index contributed by atoms with van der Waals surface area (Å²) in [5.74, 6) is -0.723. The lowest BCUT2D eigenvalue weighted by Gasteiger charge is -2.35. The molecule has 1 unspecified atom stereocenters. The van der Waals surface area contributed by atoms with Crippen LogP contribution in [0.3, 0.4) is 0 Å². The summed E-state index contributed by atoms with van der Waals surface area (Å²) in [6.45, 7) is 5.30. The number of carbonyl (C=O) groups is 3. The maximum atomic E-state index is 13.2. The second kappa shape index (κ2) is 11.0. The van der Waals surface area contributed by atoms with Crippen molar-refractivity contribution in [1.82, 2.24) is 10.2 Å². The van der Waals surface area contributed by atoms with Crippen LogP contribution >= 0.6 is 15.9 Å². The van der Waals surface area contributed by atoms with Gasteiger partial charge in [0.1, 0.15) is 11.8 Å². The normalized spacial score (nSPS) is 16.5. The highest BCUT2D eigenvalue weighted by Gasteiger charge is 2.36. The van der Waals surface area contributed by atoms with Gasteiger partial charge in [0.25, 0.3) is 5.91 Å². The third-order valence-corrected chi connectivity index (χ3v) is 4.93. The van der Waals surface area contributed by atoms with E-state index in [2.05, 4.69) is 28.2 Å². The van der Waals surface area contributed by atoms with Gasteiger partial charge in [0.15, 0.2) is 0 Å². The third kappa shape index (κ3) is 5.95. The number of unbranched alkanes of at least 4 members (excludes halogenated alkanes) is 2. The van der Waals surface area contributed by atoms with Crippen LogP contribution in [0.25, 0.3) is 0 Å². The smallest absolute Gasteiger partial charge is 0.308 e. The van der Waals surface area contributed by atoms with E-state index >= 15 is 0 Å². The minimum atomic E-state index is -0.895. The summed E-state index contributed by atoms with van der Waals surface area (Å²) in [6, 6.07) is 4.27. The van der Waals surface area contributed by atoms with Crippen molar-refractivity contribution in [2.75, 3.05) is 26.3 Å². The first-order chi connectivity index (χ1) is 13.5. The van der Waals surface area contributed by atoms with Crippen molar-refractivity contribution < 1.29 is 23.9 Å². The number of ether oxygens (including phenoxy) is 2. The van der Waals surface area contributed by atoms with Gasteiger partial charge in [0.2, 0.25) is 5.91 Å². The highest BCUT2D eigenvalue weighted by molar-refractivity contribution is 9.10. The van der Waals surface area contributed by atoms with Crippen LogP contribution in [0.1, 0.15) is 49.9 Å². The van der Waals surface area contributed by atoms with Crippen molar-refractivity contribution in [2.45, 2.75) is 45.6 Å². The number of nitrogens with zero attached hydrogens (tertiary/aromatic N) is 1. The monoisotopic (exact) mass is 454 g/mol. The van der Waals surface area contributed by atoms with Gasteiger partial charge in [0.05, 0.1) is 25.2 Å². The van der Waals surface area contributed by atoms with E-state index in [0.29, 0.717) is 37.6 Å². The van der Waals surface area contributed by atoms with Gasteiger partial charge in [-0.15, -0.1) is 0 Å². The standard InChI is InChI=1S/C20H27BrN2O5/c1-3-5-6-11-28-18(24)13-16-19(25)22-9-10-23(16)20(26)15-12-14(21)7-8-17(15)27-4-2/h7-8,12,16H,3-6,9-11,13H2,1-2H3,(H,22,25). The minimum Gasteiger partial charge on any atom is -0.493 e. The number of rotatable bonds is 9. The van der Waals surface area contributed by atoms with E-state index < -0.39 is 12.0 Å². The molecule has 1 fully saturated rings. The molecule has 0 aliphatic carbocycles. The second-order valence-corrected chi connectivity index (χ2v) is 7.43. The zero-order valence-electron chi connectivity index (χ0n) is 16.3. The fraction of sp³-hybridized carbons (Fsp3) is 0.550. The zero-order valence-corrected chi connectivity index (χ0v) is 17.9. The Balaban J connectivity index is 2.15. The van der Waals surface area contributed by atoms with E-state index in [1.165, 1.54) is 4.90 Å². The molecule has 1 aromatic rings. The Morgan fingerprint density at radius 3 is 2.79 bits per heavy atom. The van der Waals surface area contributed by atoms with Crippen molar-refractivity contribution >= 4 is 33.7 Å². The summed E-state index contributed by atoms with van der Waals surface area (Å²) in [5.41, 5.74) is 0.354. The summed E-state index contributed by atoms with van der Waals surface area (Å²) in [7, 11) is 0. The molecule has 1 atom stereocenters. The molecule has 0 saturated carbocycles. The summed E-state index contributed by atoms with van der Waals surface area (Å²) in [6.07, 6.45) is 2.63. The van der Waals surface area contributed by atoms with Crippen LogP contribution in [0.5, 0.6) is 5.75 Å². The lowest BCUT2D eigenvalue weighted by molar-refractivity contribution is -0.147. The zero-order chi connectivity index (χ0) is 20.5. The molecule has 1 N–H and O–H groups in total. The number of nitrogens with one attached hydrogen (secondary N) is 1. The molecule has 1 saturated heterocycles. The fourth-order valence-electron chi connectivity index (χ4n) is 3.02. The molecule has 0 bridgehead atoms. The molecular formula is C20H27BrN2O5. The van der Waals surface area contributed by atoms with Gasteiger partial charge in [0, 0.05) is 17.6 Å². The second-order valence-electron chi connectivity index (χ2n) is 6.51. The number of benzene rings is 1. The van der Waals surface area contributed by atoms with Crippen LogP contribution in [0.4, 0.5) is 0 Å². The van der Waals surface area contributed by atoms with Crippen molar-refractivity contribution in [2.24, 2.45) is 0 Å². The molecule has 0 spiro atoms. The summed E-state index contributed by atoms with van der Waals surface area (Å²) in [5, 5.41) is 2.72. The van der Waals surface area contributed by atoms with Gasteiger partial charge in [-0.25, -0.2) is 0 Å². The van der Waals surface area contributed by atoms with Crippen LogP contribution in [-0.2, 0) is 14.3 Å². The molecule has 1 heterocycles. The molecule has 154 valence electrons.